The zero-order valence-electron chi connectivity index (χ0n) is 17.5. The van der Waals surface area contributed by atoms with Gasteiger partial charge in [0, 0.05) is 42.8 Å². The molecular formula is C24H28N2O4. The minimum Gasteiger partial charge on any atom is -0.450 e. The van der Waals surface area contributed by atoms with Gasteiger partial charge in [0.1, 0.15) is 5.58 Å². The lowest BCUT2D eigenvalue weighted by molar-refractivity contribution is 0.144. The SMILES string of the molecule is CCN(CC)c1ccc2c(CCCOC(=O)NCc3ccccc3)cc(=O)oc2c1. The molecule has 0 radical (unpaired) electrons. The number of hydrogen-bond acceptors (Lipinski definition) is 5. The van der Waals surface area contributed by atoms with Gasteiger partial charge in [-0.15, -0.1) is 0 Å². The van der Waals surface area contributed by atoms with Crippen molar-refractivity contribution in [2.75, 3.05) is 24.6 Å². The van der Waals surface area contributed by atoms with Crippen LogP contribution in [0.25, 0.3) is 11.0 Å². The van der Waals surface area contributed by atoms with E-state index in [-0.39, 0.29) is 12.2 Å². The van der Waals surface area contributed by atoms with Crippen molar-refractivity contribution >= 4 is 22.7 Å². The average Bonchev–Trinajstić information content (AvgIpc) is 2.76. The van der Waals surface area contributed by atoms with Crippen LogP contribution in [0.15, 0.2) is 63.8 Å². The molecular weight excluding hydrogens is 380 g/mol. The first kappa shape index (κ1) is 21.4. The lowest BCUT2D eigenvalue weighted by atomic mass is 10.0. The number of anilines is 1. The molecule has 0 fully saturated rings. The summed E-state index contributed by atoms with van der Waals surface area (Å²) >= 11 is 0. The maximum atomic E-state index is 12.0. The molecule has 158 valence electrons. The van der Waals surface area contributed by atoms with E-state index in [0.29, 0.717) is 25.0 Å². The summed E-state index contributed by atoms with van der Waals surface area (Å²) in [7, 11) is 0. The van der Waals surface area contributed by atoms with E-state index in [1.807, 2.05) is 48.5 Å². The number of rotatable bonds is 9. The third-order valence-electron chi connectivity index (χ3n) is 5.05. The highest BCUT2D eigenvalue weighted by Gasteiger charge is 2.10. The smallest absolute Gasteiger partial charge is 0.407 e. The Kier molecular flexibility index (Phi) is 7.49. The van der Waals surface area contributed by atoms with Crippen molar-refractivity contribution in [2.45, 2.75) is 33.2 Å². The molecule has 3 rings (SSSR count). The van der Waals surface area contributed by atoms with Crippen LogP contribution in [0.4, 0.5) is 10.5 Å². The Bertz CT molecular complexity index is 1030. The molecule has 6 heteroatoms. The van der Waals surface area contributed by atoms with Gasteiger partial charge in [0.05, 0.1) is 6.61 Å². The van der Waals surface area contributed by atoms with E-state index < -0.39 is 6.09 Å². The number of nitrogens with one attached hydrogen (secondary N) is 1. The fraction of sp³-hybridized carbons (Fsp3) is 0.333. The Morgan fingerprint density at radius 2 is 1.83 bits per heavy atom. The molecule has 0 aliphatic rings. The summed E-state index contributed by atoms with van der Waals surface area (Å²) in [5, 5.41) is 3.65. The van der Waals surface area contributed by atoms with E-state index >= 15 is 0 Å². The van der Waals surface area contributed by atoms with Gasteiger partial charge in [-0.05, 0) is 49.9 Å². The van der Waals surface area contributed by atoms with E-state index in [9.17, 15) is 9.59 Å². The normalized spacial score (nSPS) is 10.7. The summed E-state index contributed by atoms with van der Waals surface area (Å²) in [6, 6.07) is 17.1. The molecule has 1 N–H and O–H groups in total. The molecule has 2 aromatic carbocycles. The van der Waals surface area contributed by atoms with Crippen molar-refractivity contribution < 1.29 is 13.9 Å². The van der Waals surface area contributed by atoms with Gasteiger partial charge in [0.2, 0.25) is 0 Å². The Morgan fingerprint density at radius 3 is 2.57 bits per heavy atom. The summed E-state index contributed by atoms with van der Waals surface area (Å²) < 4.78 is 10.7. The van der Waals surface area contributed by atoms with Crippen molar-refractivity contribution in [3.63, 3.8) is 0 Å². The number of nitrogens with zero attached hydrogens (tertiary/aromatic N) is 1. The molecule has 0 aliphatic carbocycles. The van der Waals surface area contributed by atoms with Crippen LogP contribution in [0.1, 0.15) is 31.4 Å². The molecule has 1 aromatic heterocycles. The van der Waals surface area contributed by atoms with Gasteiger partial charge in [-0.25, -0.2) is 9.59 Å². The first-order chi connectivity index (χ1) is 14.6. The van der Waals surface area contributed by atoms with Gasteiger partial charge in [-0.3, -0.25) is 0 Å². The van der Waals surface area contributed by atoms with Gasteiger partial charge in [0.25, 0.3) is 0 Å². The molecule has 30 heavy (non-hydrogen) atoms. The molecule has 0 bridgehead atoms. The number of carbonyl (C=O) groups excluding carboxylic acids is 1. The maximum absolute atomic E-state index is 12.0. The molecule has 3 aromatic rings. The predicted molar refractivity (Wildman–Crippen MR) is 119 cm³/mol. The standard InChI is InChI=1S/C24H28N2O4/c1-3-26(4-2)20-12-13-21-19(15-23(27)30-22(21)16-20)11-8-14-29-24(28)25-17-18-9-6-5-7-10-18/h5-7,9-10,12-13,15-16H,3-4,8,11,14,17H2,1-2H3,(H,25,28). The molecule has 0 atom stereocenters. The highest BCUT2D eigenvalue weighted by atomic mass is 16.5. The number of fused-ring (bicyclic) bond motifs is 1. The zero-order chi connectivity index (χ0) is 21.3. The minimum absolute atomic E-state index is 0.278. The van der Waals surface area contributed by atoms with E-state index in [0.717, 1.165) is 35.3 Å². The van der Waals surface area contributed by atoms with Crippen LogP contribution in [0.5, 0.6) is 0 Å². The van der Waals surface area contributed by atoms with Crippen LogP contribution in [0, 0.1) is 0 Å². The molecule has 1 amide bonds. The van der Waals surface area contributed by atoms with Crippen molar-refractivity contribution in [2.24, 2.45) is 0 Å². The molecule has 0 unspecified atom stereocenters. The van der Waals surface area contributed by atoms with E-state index in [1.165, 1.54) is 6.07 Å². The van der Waals surface area contributed by atoms with E-state index in [2.05, 4.69) is 24.1 Å². The number of ether oxygens (including phenoxy) is 1. The molecule has 0 aliphatic heterocycles. The molecule has 0 saturated carbocycles. The van der Waals surface area contributed by atoms with Crippen molar-refractivity contribution in [1.82, 2.24) is 5.32 Å². The van der Waals surface area contributed by atoms with Crippen molar-refractivity contribution in [3.8, 4) is 0 Å². The number of benzene rings is 2. The maximum Gasteiger partial charge on any atom is 0.407 e. The third-order valence-corrected chi connectivity index (χ3v) is 5.05. The van der Waals surface area contributed by atoms with Crippen LogP contribution in [-0.4, -0.2) is 25.8 Å². The fourth-order valence-electron chi connectivity index (χ4n) is 3.46. The van der Waals surface area contributed by atoms with Crippen molar-refractivity contribution in [3.05, 3.63) is 76.1 Å². The Morgan fingerprint density at radius 1 is 1.07 bits per heavy atom. The summed E-state index contributed by atoms with van der Waals surface area (Å²) in [6.07, 6.45) is 0.800. The largest absolute Gasteiger partial charge is 0.450 e. The fourth-order valence-corrected chi connectivity index (χ4v) is 3.46. The van der Waals surface area contributed by atoms with Gasteiger partial charge < -0.3 is 19.4 Å². The first-order valence-corrected chi connectivity index (χ1v) is 10.4. The highest BCUT2D eigenvalue weighted by Crippen LogP contribution is 2.24. The second-order valence-corrected chi connectivity index (χ2v) is 7.02. The minimum atomic E-state index is -0.444. The van der Waals surface area contributed by atoms with E-state index in [1.54, 1.807) is 0 Å². The molecule has 1 heterocycles. The average molecular weight is 408 g/mol. The number of carbonyl (C=O) groups is 1. The predicted octanol–water partition coefficient (Wildman–Crippen LogP) is 4.50. The van der Waals surface area contributed by atoms with Gasteiger partial charge in [-0.1, -0.05) is 30.3 Å². The van der Waals surface area contributed by atoms with Crippen LogP contribution in [0.3, 0.4) is 0 Å². The summed E-state index contributed by atoms with van der Waals surface area (Å²) in [5.41, 5.74) is 3.17. The second kappa shape index (κ2) is 10.5. The Hall–Kier alpha value is -3.28. The monoisotopic (exact) mass is 408 g/mol. The summed E-state index contributed by atoms with van der Waals surface area (Å²) in [5.74, 6) is 0. The quantitative estimate of drug-likeness (QED) is 0.417. The van der Waals surface area contributed by atoms with Gasteiger partial charge >= 0.3 is 11.7 Å². The number of aryl methyl sites for hydroxylation is 1. The highest BCUT2D eigenvalue weighted by molar-refractivity contribution is 5.83. The second-order valence-electron chi connectivity index (χ2n) is 7.02. The van der Waals surface area contributed by atoms with Gasteiger partial charge in [-0.2, -0.15) is 0 Å². The topological polar surface area (TPSA) is 71.8 Å². The number of alkyl carbamates (subject to hydrolysis) is 1. The number of amides is 1. The summed E-state index contributed by atoms with van der Waals surface area (Å²) in [6.45, 7) is 6.66. The van der Waals surface area contributed by atoms with Crippen molar-refractivity contribution in [1.29, 1.82) is 0 Å². The lowest BCUT2D eigenvalue weighted by Gasteiger charge is -2.21. The van der Waals surface area contributed by atoms with Crippen LogP contribution >= 0.6 is 0 Å². The van der Waals surface area contributed by atoms with Gasteiger partial charge in [0.15, 0.2) is 0 Å². The first-order valence-electron chi connectivity index (χ1n) is 10.4. The lowest BCUT2D eigenvalue weighted by Crippen LogP contribution is -2.24. The number of hydrogen-bond donors (Lipinski definition) is 1. The molecule has 0 spiro atoms. The zero-order valence-corrected chi connectivity index (χ0v) is 17.5. The Balaban J connectivity index is 1.56. The van der Waals surface area contributed by atoms with Crippen LogP contribution < -0.4 is 15.8 Å². The van der Waals surface area contributed by atoms with Crippen LogP contribution in [-0.2, 0) is 17.7 Å². The Labute approximate surface area is 176 Å². The van der Waals surface area contributed by atoms with Crippen LogP contribution in [0.2, 0.25) is 0 Å². The summed E-state index contributed by atoms with van der Waals surface area (Å²) in [4.78, 5) is 26.1. The molecule has 6 nitrogen and oxygen atoms in total. The molecule has 0 saturated heterocycles. The third kappa shape index (κ3) is 5.63. The van der Waals surface area contributed by atoms with E-state index in [4.69, 9.17) is 9.15 Å².